The molecule has 0 atom stereocenters. The van der Waals surface area contributed by atoms with Gasteiger partial charge in [0, 0.05) is 0 Å². The molecule has 0 aliphatic heterocycles. The van der Waals surface area contributed by atoms with Crippen LogP contribution in [0.2, 0.25) is 5.82 Å². The van der Waals surface area contributed by atoms with Crippen LogP contribution in [0.5, 0.6) is 0 Å². The molecular formula is C5H15BS. The van der Waals surface area contributed by atoms with E-state index in [0.717, 1.165) is 5.82 Å². The summed E-state index contributed by atoms with van der Waals surface area (Å²) in [4.78, 5) is 0. The highest BCUT2D eigenvalue weighted by atomic mass is 32.2. The number of thiol groups is 1. The van der Waals surface area contributed by atoms with Crippen LogP contribution in [0.3, 0.4) is 0 Å². The van der Waals surface area contributed by atoms with E-state index in [2.05, 4.69) is 26.4 Å². The second-order valence-electron chi connectivity index (χ2n) is 2.66. The molecule has 0 nitrogen and oxygen atoms in total. The fourth-order valence-corrected chi connectivity index (χ4v) is 2.19. The normalized spacial score (nSPS) is 11.9. The molecule has 0 spiro atoms. The minimum atomic E-state index is 0.360. The van der Waals surface area contributed by atoms with E-state index in [1.807, 2.05) is 0 Å². The van der Waals surface area contributed by atoms with Gasteiger partial charge in [-0.1, -0.05) is 19.7 Å². The Bertz CT molecular complexity index is 37.3. The van der Waals surface area contributed by atoms with Crippen molar-refractivity contribution < 1.29 is 0 Å². The van der Waals surface area contributed by atoms with Gasteiger partial charge in [0.25, 0.3) is 0 Å². The van der Waals surface area contributed by atoms with Gasteiger partial charge < -0.3 is 0 Å². The lowest BCUT2D eigenvalue weighted by Crippen LogP contribution is -1.93. The van der Waals surface area contributed by atoms with Crippen molar-refractivity contribution in [1.82, 2.24) is 0 Å². The van der Waals surface area contributed by atoms with Crippen LogP contribution in [0.1, 0.15) is 13.8 Å². The zero-order valence-electron chi connectivity index (χ0n) is 5.73. The molecule has 0 aromatic carbocycles. The van der Waals surface area contributed by atoms with Gasteiger partial charge in [0.05, 0.1) is 0 Å². The fourth-order valence-electron chi connectivity index (χ4n) is 0.730. The third kappa shape index (κ3) is 6.41. The molecule has 2 heteroatoms. The molecule has 0 amide bonds. The van der Waals surface area contributed by atoms with Crippen molar-refractivity contribution in [2.45, 2.75) is 19.7 Å². The maximum atomic E-state index is 2.33. The largest absolute Gasteiger partial charge is 0.291 e. The zero-order chi connectivity index (χ0) is 5.86. The second-order valence-corrected chi connectivity index (χ2v) is 5.18. The van der Waals surface area contributed by atoms with Gasteiger partial charge in [-0.2, -0.15) is 0 Å². The van der Waals surface area contributed by atoms with Gasteiger partial charge in [-0.25, -0.2) is 0 Å². The average Bonchev–Trinajstić information content (AvgIpc) is 1.27. The molecule has 0 rings (SSSR count). The summed E-state index contributed by atoms with van der Waals surface area (Å²) in [5.74, 6) is 0.904. The van der Waals surface area contributed by atoms with Crippen LogP contribution in [0, 0.1) is 0 Å². The molecule has 0 heterocycles. The summed E-state index contributed by atoms with van der Waals surface area (Å²) in [5.41, 5.74) is 0. The fraction of sp³-hybridized carbons (Fsp3) is 1.00. The molecule has 0 aromatic heterocycles. The predicted molar refractivity (Wildman–Crippen MR) is 43.1 cm³/mol. The van der Waals surface area contributed by atoms with Crippen molar-refractivity contribution in [3.8, 4) is 0 Å². The molecule has 0 bridgehead atoms. The lowest BCUT2D eigenvalue weighted by Gasteiger charge is -2.07. The molecular weight excluding hydrogens is 103 g/mol. The lowest BCUT2D eigenvalue weighted by molar-refractivity contribution is 1.07. The standard InChI is InChI=1S/C5H15BS/c1-5(2)6-7(3)4/h5-7H,1-4H3. The van der Waals surface area contributed by atoms with Crippen LogP contribution in [-0.2, 0) is 0 Å². The molecule has 0 unspecified atom stereocenters. The summed E-state index contributed by atoms with van der Waals surface area (Å²) in [6, 6.07) is 0. The second kappa shape index (κ2) is 3.42. The molecule has 44 valence electrons. The van der Waals surface area contributed by atoms with Crippen molar-refractivity contribution in [2.75, 3.05) is 12.5 Å². The van der Waals surface area contributed by atoms with Crippen molar-refractivity contribution in [3.05, 3.63) is 0 Å². The first-order chi connectivity index (χ1) is 3.13. The number of hydrogen-bond acceptors (Lipinski definition) is 0. The highest BCUT2D eigenvalue weighted by Crippen LogP contribution is 2.16. The van der Waals surface area contributed by atoms with Crippen LogP contribution < -0.4 is 0 Å². The maximum Gasteiger partial charge on any atom is 0.171 e. The Hall–Kier alpha value is 0.415. The summed E-state index contributed by atoms with van der Waals surface area (Å²) in [6.45, 7) is 5.99. The summed E-state index contributed by atoms with van der Waals surface area (Å²) < 4.78 is 0. The van der Waals surface area contributed by atoms with Crippen LogP contribution in [0.4, 0.5) is 0 Å². The Morgan fingerprint density at radius 3 is 1.71 bits per heavy atom. The van der Waals surface area contributed by atoms with Crippen molar-refractivity contribution in [1.29, 1.82) is 0 Å². The third-order valence-corrected chi connectivity index (χ3v) is 2.19. The van der Waals surface area contributed by atoms with Crippen molar-refractivity contribution in [2.24, 2.45) is 0 Å². The molecule has 7 heavy (non-hydrogen) atoms. The minimum absolute atomic E-state index is 0.360. The summed E-state index contributed by atoms with van der Waals surface area (Å²) in [6.07, 6.45) is 4.66. The molecule has 0 saturated heterocycles. The van der Waals surface area contributed by atoms with E-state index >= 15 is 0 Å². The predicted octanol–water partition coefficient (Wildman–Crippen LogP) is 1.43. The Morgan fingerprint density at radius 2 is 1.71 bits per heavy atom. The Balaban J connectivity index is 2.95. The minimum Gasteiger partial charge on any atom is -0.291 e. The zero-order valence-corrected chi connectivity index (χ0v) is 6.63. The molecule has 0 N–H and O–H groups in total. The Labute approximate surface area is 50.2 Å². The summed E-state index contributed by atoms with van der Waals surface area (Å²) >= 11 is 0. The quantitative estimate of drug-likeness (QED) is 0.411. The van der Waals surface area contributed by atoms with E-state index in [1.54, 1.807) is 0 Å². The van der Waals surface area contributed by atoms with E-state index in [1.165, 1.54) is 6.56 Å². The Morgan fingerprint density at radius 1 is 1.29 bits per heavy atom. The third-order valence-electron chi connectivity index (χ3n) is 0.730. The van der Waals surface area contributed by atoms with Crippen LogP contribution in [-0.4, -0.2) is 19.1 Å². The van der Waals surface area contributed by atoms with E-state index in [0.29, 0.717) is 10.7 Å². The summed E-state index contributed by atoms with van der Waals surface area (Å²) in [5, 5.41) is 0. The lowest BCUT2D eigenvalue weighted by atomic mass is 9.90. The van der Waals surface area contributed by atoms with Gasteiger partial charge in [-0.05, 0) is 12.5 Å². The van der Waals surface area contributed by atoms with Gasteiger partial charge in [0.15, 0.2) is 6.56 Å². The smallest absolute Gasteiger partial charge is 0.171 e. The average molecular weight is 118 g/mol. The molecule has 0 aliphatic carbocycles. The molecule has 0 aliphatic rings. The number of hydrogen-bond donors (Lipinski definition) is 1. The van der Waals surface area contributed by atoms with E-state index in [4.69, 9.17) is 0 Å². The highest BCUT2D eigenvalue weighted by molar-refractivity contribution is 8.36. The first-order valence-electron chi connectivity index (χ1n) is 2.77. The molecule has 0 saturated carbocycles. The highest BCUT2D eigenvalue weighted by Gasteiger charge is 1.96. The maximum absolute atomic E-state index is 2.33. The Kier molecular flexibility index (Phi) is 3.62. The topological polar surface area (TPSA) is 0 Å². The van der Waals surface area contributed by atoms with Gasteiger partial charge in [0.1, 0.15) is 0 Å². The van der Waals surface area contributed by atoms with Crippen LogP contribution >= 0.6 is 10.7 Å². The van der Waals surface area contributed by atoms with Gasteiger partial charge in [-0.15, -0.1) is 0 Å². The van der Waals surface area contributed by atoms with Crippen molar-refractivity contribution >= 4 is 17.3 Å². The van der Waals surface area contributed by atoms with Gasteiger partial charge >= 0.3 is 0 Å². The van der Waals surface area contributed by atoms with E-state index < -0.39 is 0 Å². The van der Waals surface area contributed by atoms with E-state index in [-0.39, 0.29) is 0 Å². The summed E-state index contributed by atoms with van der Waals surface area (Å²) in [7, 11) is 0.360. The molecule has 0 aromatic rings. The van der Waals surface area contributed by atoms with Crippen LogP contribution in [0.25, 0.3) is 0 Å². The monoisotopic (exact) mass is 118 g/mol. The van der Waals surface area contributed by atoms with Crippen LogP contribution in [0.15, 0.2) is 0 Å². The van der Waals surface area contributed by atoms with Gasteiger partial charge in [0.2, 0.25) is 0 Å². The first kappa shape index (κ1) is 7.41. The first-order valence-corrected chi connectivity index (χ1v) is 5.19. The molecule has 0 fully saturated rings. The molecule has 0 radical (unpaired) electrons. The number of rotatable bonds is 2. The van der Waals surface area contributed by atoms with Gasteiger partial charge in [-0.3, -0.25) is 10.7 Å². The van der Waals surface area contributed by atoms with E-state index in [9.17, 15) is 0 Å². The van der Waals surface area contributed by atoms with Crippen molar-refractivity contribution in [3.63, 3.8) is 0 Å². The SMILES string of the molecule is CC(C)B[SH](C)C.